The number of aryl methyl sites for hydroxylation is 1. The molecule has 0 saturated carbocycles. The first-order valence-corrected chi connectivity index (χ1v) is 12.6. The van der Waals surface area contributed by atoms with Crippen LogP contribution in [0.2, 0.25) is 0 Å². The number of nitrogens with one attached hydrogen (secondary N) is 1. The molecule has 16 heteroatoms. The number of fused-ring (bicyclic) bond motifs is 1. The van der Waals surface area contributed by atoms with Crippen LogP contribution in [-0.4, -0.2) is 87.0 Å². The Hall–Kier alpha value is -3.63. The quantitative estimate of drug-likeness (QED) is 0.180. The SMILES string of the molecule is NC(=O)CCn1nnnc1SCC1=C(C(=O)O)N2C(=O)C(NC(=O)C(O)c3ccc(O)cc3)[C@H]2SC1. The van der Waals surface area contributed by atoms with Gasteiger partial charge in [0.25, 0.3) is 11.8 Å². The van der Waals surface area contributed by atoms with Crippen LogP contribution in [0.1, 0.15) is 18.1 Å². The van der Waals surface area contributed by atoms with Crippen molar-refractivity contribution < 1.29 is 34.5 Å². The Morgan fingerprint density at radius 3 is 2.67 bits per heavy atom. The van der Waals surface area contributed by atoms with Crippen LogP contribution in [0, 0.1) is 0 Å². The fourth-order valence-corrected chi connectivity index (χ4v) is 6.03. The molecule has 6 N–H and O–H groups in total. The van der Waals surface area contributed by atoms with Crippen molar-refractivity contribution in [1.82, 2.24) is 30.4 Å². The molecular weight excluding hydrogens is 514 g/mol. The molecule has 0 spiro atoms. The zero-order valence-electron chi connectivity index (χ0n) is 18.5. The lowest BCUT2D eigenvalue weighted by Gasteiger charge is -2.49. The number of primary amides is 1. The van der Waals surface area contributed by atoms with Crippen molar-refractivity contribution in [3.05, 3.63) is 41.1 Å². The van der Waals surface area contributed by atoms with Gasteiger partial charge in [0.2, 0.25) is 11.1 Å². The first-order chi connectivity index (χ1) is 17.2. The second-order valence-electron chi connectivity index (χ2n) is 7.84. The molecule has 1 aromatic carbocycles. The molecule has 190 valence electrons. The highest BCUT2D eigenvalue weighted by Gasteiger charge is 2.54. The van der Waals surface area contributed by atoms with E-state index in [2.05, 4.69) is 20.8 Å². The summed E-state index contributed by atoms with van der Waals surface area (Å²) in [6.45, 7) is 0.175. The predicted molar refractivity (Wildman–Crippen MR) is 125 cm³/mol. The number of hydrogen-bond donors (Lipinski definition) is 5. The number of nitrogens with zero attached hydrogens (tertiary/aromatic N) is 5. The maximum absolute atomic E-state index is 12.8. The number of thioether (sulfide) groups is 2. The summed E-state index contributed by atoms with van der Waals surface area (Å²) in [7, 11) is 0. The fraction of sp³-hybridized carbons (Fsp3) is 0.350. The van der Waals surface area contributed by atoms with Crippen molar-refractivity contribution in [2.75, 3.05) is 11.5 Å². The molecule has 0 aliphatic carbocycles. The van der Waals surface area contributed by atoms with Crippen LogP contribution in [0.3, 0.4) is 0 Å². The van der Waals surface area contributed by atoms with Crippen molar-refractivity contribution in [2.24, 2.45) is 5.73 Å². The first-order valence-electron chi connectivity index (χ1n) is 10.5. The number of amides is 3. The molecular formula is C20H21N7O7S2. The number of nitrogens with two attached hydrogens (primary N) is 1. The van der Waals surface area contributed by atoms with Crippen molar-refractivity contribution in [3.8, 4) is 5.75 Å². The smallest absolute Gasteiger partial charge is 0.352 e. The number of phenolic OH excluding ortho intramolecular Hbond substituents is 1. The second-order valence-corrected chi connectivity index (χ2v) is 9.88. The summed E-state index contributed by atoms with van der Waals surface area (Å²) in [5.41, 5.74) is 5.69. The highest BCUT2D eigenvalue weighted by molar-refractivity contribution is 8.01. The molecule has 2 aliphatic heterocycles. The van der Waals surface area contributed by atoms with Crippen LogP contribution in [0.5, 0.6) is 5.75 Å². The minimum atomic E-state index is -1.57. The van der Waals surface area contributed by atoms with E-state index < -0.39 is 41.2 Å². The van der Waals surface area contributed by atoms with E-state index in [1.807, 2.05) is 0 Å². The summed E-state index contributed by atoms with van der Waals surface area (Å²) in [5, 5.41) is 42.9. The van der Waals surface area contributed by atoms with Crippen LogP contribution < -0.4 is 11.1 Å². The largest absolute Gasteiger partial charge is 0.508 e. The molecule has 14 nitrogen and oxygen atoms in total. The molecule has 3 atom stereocenters. The monoisotopic (exact) mass is 535 g/mol. The molecule has 1 saturated heterocycles. The van der Waals surface area contributed by atoms with Crippen molar-refractivity contribution in [2.45, 2.75) is 35.6 Å². The third-order valence-corrected chi connectivity index (χ3v) is 7.83. The van der Waals surface area contributed by atoms with E-state index in [4.69, 9.17) is 5.73 Å². The van der Waals surface area contributed by atoms with E-state index in [0.29, 0.717) is 10.7 Å². The van der Waals surface area contributed by atoms with Gasteiger partial charge in [-0.2, -0.15) is 0 Å². The number of phenols is 1. The number of carbonyl (C=O) groups excluding carboxylic acids is 3. The number of β-lactam (4-membered cyclic amide) rings is 1. The third-order valence-electron chi connectivity index (χ3n) is 5.45. The van der Waals surface area contributed by atoms with Crippen molar-refractivity contribution in [1.29, 1.82) is 0 Å². The van der Waals surface area contributed by atoms with Gasteiger partial charge in [-0.25, -0.2) is 9.48 Å². The number of carbonyl (C=O) groups is 4. The van der Waals surface area contributed by atoms with E-state index in [0.717, 1.165) is 16.7 Å². The molecule has 3 heterocycles. The molecule has 2 unspecified atom stereocenters. The Kier molecular flexibility index (Phi) is 7.46. The number of carboxylic acids is 1. The van der Waals surface area contributed by atoms with Crippen LogP contribution in [0.25, 0.3) is 0 Å². The van der Waals surface area contributed by atoms with E-state index in [-0.39, 0.29) is 41.5 Å². The van der Waals surface area contributed by atoms with Gasteiger partial charge in [-0.05, 0) is 33.7 Å². The Bertz CT molecular complexity index is 1230. The van der Waals surface area contributed by atoms with E-state index in [9.17, 15) is 34.5 Å². The van der Waals surface area contributed by atoms with E-state index >= 15 is 0 Å². The topological polar surface area (TPSA) is 214 Å². The summed E-state index contributed by atoms with van der Waals surface area (Å²) in [4.78, 5) is 49.5. The predicted octanol–water partition coefficient (Wildman–Crippen LogP) is -1.18. The zero-order valence-corrected chi connectivity index (χ0v) is 20.1. The van der Waals surface area contributed by atoms with Crippen LogP contribution >= 0.6 is 23.5 Å². The Morgan fingerprint density at radius 1 is 1.28 bits per heavy atom. The average Bonchev–Trinajstić information content (AvgIpc) is 3.31. The number of aliphatic hydroxyl groups excluding tert-OH is 1. The number of aliphatic carboxylic acids is 1. The minimum absolute atomic E-state index is 0.0288. The number of aliphatic hydroxyl groups is 1. The van der Waals surface area contributed by atoms with Gasteiger partial charge in [0.15, 0.2) is 6.10 Å². The van der Waals surface area contributed by atoms with Gasteiger partial charge in [-0.1, -0.05) is 23.9 Å². The summed E-state index contributed by atoms with van der Waals surface area (Å²) < 4.78 is 1.38. The first kappa shape index (κ1) is 25.5. The zero-order chi connectivity index (χ0) is 26.0. The highest BCUT2D eigenvalue weighted by atomic mass is 32.2. The fourth-order valence-electron chi connectivity index (χ4n) is 3.64. The Labute approximate surface area is 211 Å². The van der Waals surface area contributed by atoms with Gasteiger partial charge in [0.05, 0.1) is 6.54 Å². The summed E-state index contributed by atoms with van der Waals surface area (Å²) in [6, 6.07) is 4.39. The molecule has 0 bridgehead atoms. The number of tetrazole rings is 1. The number of aromatic hydroxyl groups is 1. The lowest BCUT2D eigenvalue weighted by molar-refractivity contribution is -0.151. The van der Waals surface area contributed by atoms with Crippen molar-refractivity contribution in [3.63, 3.8) is 0 Å². The number of aromatic nitrogens is 4. The molecule has 3 amide bonds. The van der Waals surface area contributed by atoms with E-state index in [1.54, 1.807) is 0 Å². The van der Waals surface area contributed by atoms with Gasteiger partial charge < -0.3 is 26.4 Å². The van der Waals surface area contributed by atoms with Crippen LogP contribution in [0.4, 0.5) is 0 Å². The van der Waals surface area contributed by atoms with E-state index in [1.165, 1.54) is 40.7 Å². The maximum Gasteiger partial charge on any atom is 0.352 e. The molecule has 4 rings (SSSR count). The van der Waals surface area contributed by atoms with Crippen LogP contribution in [0.15, 0.2) is 40.7 Å². The summed E-state index contributed by atoms with van der Waals surface area (Å²) in [5.74, 6) is -2.79. The molecule has 36 heavy (non-hydrogen) atoms. The molecule has 1 fully saturated rings. The van der Waals surface area contributed by atoms with Crippen LogP contribution in [-0.2, 0) is 25.7 Å². The van der Waals surface area contributed by atoms with Gasteiger partial charge in [0, 0.05) is 17.9 Å². The molecule has 1 aromatic heterocycles. The number of carboxylic acid groups (broad SMARTS) is 1. The summed E-state index contributed by atoms with van der Waals surface area (Å²) in [6.07, 6.45) is -1.53. The lowest BCUT2D eigenvalue weighted by atomic mass is 10.0. The number of hydrogen-bond acceptors (Lipinski definition) is 11. The summed E-state index contributed by atoms with van der Waals surface area (Å²) >= 11 is 2.44. The Balaban J connectivity index is 1.43. The lowest BCUT2D eigenvalue weighted by Crippen LogP contribution is -2.70. The Morgan fingerprint density at radius 2 is 2.00 bits per heavy atom. The average molecular weight is 536 g/mol. The number of rotatable bonds is 10. The highest BCUT2D eigenvalue weighted by Crippen LogP contribution is 2.41. The molecule has 0 radical (unpaired) electrons. The maximum atomic E-state index is 12.8. The minimum Gasteiger partial charge on any atom is -0.508 e. The number of benzene rings is 1. The molecule has 2 aliphatic rings. The van der Waals surface area contributed by atoms with Gasteiger partial charge in [-0.3, -0.25) is 19.3 Å². The van der Waals surface area contributed by atoms with Gasteiger partial charge in [0.1, 0.15) is 22.9 Å². The normalized spacial score (nSPS) is 19.9. The van der Waals surface area contributed by atoms with Crippen molar-refractivity contribution >= 4 is 47.2 Å². The third kappa shape index (κ3) is 5.14. The molecule has 2 aromatic rings. The van der Waals surface area contributed by atoms with Gasteiger partial charge in [-0.15, -0.1) is 16.9 Å². The standard InChI is InChI=1S/C20H21N7O7S2/c21-12(29)5-6-26-20(23-24-25-26)36-8-10-7-35-18-13(17(32)27(18)14(10)19(33)34)22-16(31)15(30)9-1-3-11(28)4-2-9/h1-4,13,15,18,28,30H,5-8H2,(H2,21,29)(H,22,31)(H,33,34)/t13?,15?,18-/m1/s1. The van der Waals surface area contributed by atoms with Gasteiger partial charge >= 0.3 is 5.97 Å². The second kappa shape index (κ2) is 10.5.